The predicted octanol–water partition coefficient (Wildman–Crippen LogP) is 4.37. The number of halogens is 2. The monoisotopic (exact) mass is 420 g/mol. The number of nitrogens with one attached hydrogen (secondary N) is 2. The molecule has 0 bridgehead atoms. The van der Waals surface area contributed by atoms with Crippen LogP contribution in [0.5, 0.6) is 5.75 Å². The topological polar surface area (TPSA) is 50.4 Å². The smallest absolute Gasteiger partial charge is 0.224 e. The van der Waals surface area contributed by atoms with Crippen LogP contribution in [0.1, 0.15) is 36.4 Å². The highest BCUT2D eigenvalue weighted by Crippen LogP contribution is 2.58. The molecule has 4 nitrogen and oxygen atoms in total. The van der Waals surface area contributed by atoms with Crippen LogP contribution in [0.15, 0.2) is 48.5 Å². The number of piperidine rings is 1. The molecule has 1 aliphatic heterocycles. The van der Waals surface area contributed by atoms with Gasteiger partial charge in [0.05, 0.1) is 13.2 Å². The highest BCUT2D eigenvalue weighted by molar-refractivity contribution is 6.31. The van der Waals surface area contributed by atoms with E-state index in [2.05, 4.69) is 10.6 Å². The first-order valence-electron chi connectivity index (χ1n) is 9.52. The maximum Gasteiger partial charge on any atom is 0.224 e. The van der Waals surface area contributed by atoms with Crippen LogP contribution in [0.4, 0.5) is 0 Å². The lowest BCUT2D eigenvalue weighted by atomic mass is 9.91. The molecule has 1 saturated heterocycles. The molecular weight excluding hydrogens is 395 g/mol. The summed E-state index contributed by atoms with van der Waals surface area (Å²) in [4.78, 5) is 13.1. The molecular formula is C22H26Cl2N2O2. The fourth-order valence-corrected chi connectivity index (χ4v) is 4.53. The van der Waals surface area contributed by atoms with Crippen LogP contribution in [-0.4, -0.2) is 26.1 Å². The summed E-state index contributed by atoms with van der Waals surface area (Å²) >= 11 is 6.46. The zero-order valence-electron chi connectivity index (χ0n) is 15.9. The fourth-order valence-electron chi connectivity index (χ4n) is 4.28. The second-order valence-electron chi connectivity index (χ2n) is 7.61. The Hall–Kier alpha value is -1.75. The third-order valence-electron chi connectivity index (χ3n) is 6.06. The summed E-state index contributed by atoms with van der Waals surface area (Å²) in [5.41, 5.74) is 2.12. The number of methoxy groups -OCH3 is 1. The zero-order chi connectivity index (χ0) is 18.9. The Morgan fingerprint density at radius 1 is 1.18 bits per heavy atom. The van der Waals surface area contributed by atoms with Gasteiger partial charge in [0.25, 0.3) is 0 Å². The fraction of sp³-hybridized carbons (Fsp3) is 0.409. The van der Waals surface area contributed by atoms with E-state index in [0.717, 1.165) is 49.2 Å². The standard InChI is InChI=1S/C22H25ClN2O2.ClH/c1-27-16-8-6-15(7-9-16)20(17-4-2-3-5-19(17)23)25-21(26)18-14-22(18)10-12-24-13-11-22;/h2-9,18,20,24H,10-14H2,1H3,(H,25,26);1H. The van der Waals surface area contributed by atoms with E-state index < -0.39 is 0 Å². The van der Waals surface area contributed by atoms with Crippen LogP contribution in [0.2, 0.25) is 5.02 Å². The molecule has 28 heavy (non-hydrogen) atoms. The molecule has 2 fully saturated rings. The lowest BCUT2D eigenvalue weighted by molar-refractivity contribution is -0.123. The van der Waals surface area contributed by atoms with Crippen molar-refractivity contribution < 1.29 is 9.53 Å². The molecule has 6 heteroatoms. The average Bonchev–Trinajstić information content (AvgIpc) is 3.40. The normalized spacial score (nSPS) is 20.7. The molecule has 150 valence electrons. The lowest BCUT2D eigenvalue weighted by Gasteiger charge is -2.25. The number of benzene rings is 2. The molecule has 1 amide bonds. The van der Waals surface area contributed by atoms with E-state index in [1.807, 2.05) is 48.5 Å². The second-order valence-corrected chi connectivity index (χ2v) is 8.01. The largest absolute Gasteiger partial charge is 0.497 e. The van der Waals surface area contributed by atoms with E-state index in [-0.39, 0.29) is 35.7 Å². The number of carbonyl (C=O) groups excluding carboxylic acids is 1. The first-order chi connectivity index (χ1) is 13.1. The zero-order valence-corrected chi connectivity index (χ0v) is 17.5. The van der Waals surface area contributed by atoms with Crippen molar-refractivity contribution in [2.75, 3.05) is 20.2 Å². The molecule has 2 aromatic rings. The minimum Gasteiger partial charge on any atom is -0.497 e. The molecule has 2 N–H and O–H groups in total. The predicted molar refractivity (Wildman–Crippen MR) is 114 cm³/mol. The van der Waals surface area contributed by atoms with Gasteiger partial charge in [-0.2, -0.15) is 0 Å². The minimum absolute atomic E-state index is 0. The van der Waals surface area contributed by atoms with Gasteiger partial charge in [-0.25, -0.2) is 0 Å². The van der Waals surface area contributed by atoms with Gasteiger partial charge in [-0.15, -0.1) is 12.4 Å². The van der Waals surface area contributed by atoms with Crippen LogP contribution >= 0.6 is 24.0 Å². The Kier molecular flexibility index (Phi) is 6.54. The average molecular weight is 421 g/mol. The Morgan fingerprint density at radius 2 is 1.86 bits per heavy atom. The number of rotatable bonds is 5. The van der Waals surface area contributed by atoms with Crippen molar-refractivity contribution in [1.82, 2.24) is 10.6 Å². The second kappa shape index (κ2) is 8.73. The summed E-state index contributed by atoms with van der Waals surface area (Å²) in [6, 6.07) is 15.2. The van der Waals surface area contributed by atoms with E-state index in [0.29, 0.717) is 5.02 Å². The summed E-state index contributed by atoms with van der Waals surface area (Å²) in [5, 5.41) is 7.32. The van der Waals surface area contributed by atoms with Gasteiger partial charge in [-0.05, 0) is 67.1 Å². The molecule has 2 atom stereocenters. The Bertz CT molecular complexity index is 820. The van der Waals surface area contributed by atoms with Gasteiger partial charge in [0.15, 0.2) is 0 Å². The third kappa shape index (κ3) is 4.14. The molecule has 0 aromatic heterocycles. The van der Waals surface area contributed by atoms with Crippen molar-refractivity contribution in [2.24, 2.45) is 11.3 Å². The molecule has 2 unspecified atom stereocenters. The third-order valence-corrected chi connectivity index (χ3v) is 6.40. The van der Waals surface area contributed by atoms with Crippen LogP contribution in [0.25, 0.3) is 0 Å². The number of amides is 1. The van der Waals surface area contributed by atoms with E-state index in [1.165, 1.54) is 0 Å². The molecule has 1 spiro atoms. The van der Waals surface area contributed by atoms with Gasteiger partial charge in [-0.1, -0.05) is 41.9 Å². The van der Waals surface area contributed by atoms with Crippen molar-refractivity contribution in [3.63, 3.8) is 0 Å². The van der Waals surface area contributed by atoms with Crippen molar-refractivity contribution in [2.45, 2.75) is 25.3 Å². The van der Waals surface area contributed by atoms with Gasteiger partial charge in [0.2, 0.25) is 5.91 Å². The highest BCUT2D eigenvalue weighted by Gasteiger charge is 2.57. The maximum absolute atomic E-state index is 13.1. The van der Waals surface area contributed by atoms with E-state index >= 15 is 0 Å². The van der Waals surface area contributed by atoms with Crippen LogP contribution < -0.4 is 15.4 Å². The molecule has 2 aromatic carbocycles. The van der Waals surface area contributed by atoms with Gasteiger partial charge >= 0.3 is 0 Å². The van der Waals surface area contributed by atoms with Crippen molar-refractivity contribution in [3.05, 3.63) is 64.7 Å². The number of hydrogen-bond donors (Lipinski definition) is 2. The molecule has 0 radical (unpaired) electrons. The Morgan fingerprint density at radius 3 is 2.50 bits per heavy atom. The molecule has 4 rings (SSSR count). The summed E-state index contributed by atoms with van der Waals surface area (Å²) in [7, 11) is 1.65. The first-order valence-corrected chi connectivity index (χ1v) is 9.90. The SMILES string of the molecule is COc1ccc(C(NC(=O)C2CC23CCNCC3)c2ccccc2Cl)cc1.Cl. The highest BCUT2D eigenvalue weighted by atomic mass is 35.5. The van der Waals surface area contributed by atoms with Gasteiger partial charge in [0, 0.05) is 10.9 Å². The van der Waals surface area contributed by atoms with Crippen LogP contribution in [0, 0.1) is 11.3 Å². The van der Waals surface area contributed by atoms with Crippen molar-refractivity contribution in [3.8, 4) is 5.75 Å². The summed E-state index contributed by atoms with van der Waals surface area (Å²) in [6.07, 6.45) is 3.17. The quantitative estimate of drug-likeness (QED) is 0.754. The number of ether oxygens (including phenoxy) is 1. The molecule has 1 aliphatic carbocycles. The summed E-state index contributed by atoms with van der Waals surface area (Å²) in [6.45, 7) is 2.02. The minimum atomic E-state index is -0.267. The molecule has 1 saturated carbocycles. The van der Waals surface area contributed by atoms with Crippen LogP contribution in [0.3, 0.4) is 0 Å². The van der Waals surface area contributed by atoms with Gasteiger partial charge < -0.3 is 15.4 Å². The number of carbonyl (C=O) groups is 1. The van der Waals surface area contributed by atoms with Crippen LogP contribution in [-0.2, 0) is 4.79 Å². The lowest BCUT2D eigenvalue weighted by Crippen LogP contribution is -2.35. The van der Waals surface area contributed by atoms with Gasteiger partial charge in [0.1, 0.15) is 5.75 Å². The number of hydrogen-bond acceptors (Lipinski definition) is 3. The van der Waals surface area contributed by atoms with Crippen molar-refractivity contribution in [1.29, 1.82) is 0 Å². The first kappa shape index (κ1) is 21.0. The Balaban J connectivity index is 0.00000225. The van der Waals surface area contributed by atoms with E-state index in [1.54, 1.807) is 7.11 Å². The summed E-state index contributed by atoms with van der Waals surface area (Å²) in [5.74, 6) is 1.04. The molecule has 1 heterocycles. The summed E-state index contributed by atoms with van der Waals surface area (Å²) < 4.78 is 5.26. The van der Waals surface area contributed by atoms with Gasteiger partial charge in [-0.3, -0.25) is 4.79 Å². The Labute approximate surface area is 177 Å². The molecule has 2 aliphatic rings. The van der Waals surface area contributed by atoms with E-state index in [9.17, 15) is 4.79 Å². The van der Waals surface area contributed by atoms with Crippen molar-refractivity contribution >= 4 is 29.9 Å². The maximum atomic E-state index is 13.1. The van der Waals surface area contributed by atoms with E-state index in [4.69, 9.17) is 16.3 Å².